The number of para-hydroxylation sites is 1. The van der Waals surface area contributed by atoms with Crippen LogP contribution >= 0.6 is 11.8 Å². The summed E-state index contributed by atoms with van der Waals surface area (Å²) < 4.78 is 18.9. The van der Waals surface area contributed by atoms with Crippen molar-refractivity contribution in [2.45, 2.75) is 57.8 Å². The maximum absolute atomic E-state index is 12.7. The predicted octanol–water partition coefficient (Wildman–Crippen LogP) is 5.87. The van der Waals surface area contributed by atoms with Crippen LogP contribution in [0.4, 0.5) is 5.69 Å². The highest BCUT2D eigenvalue weighted by molar-refractivity contribution is 7.99. The van der Waals surface area contributed by atoms with Crippen LogP contribution in [0.1, 0.15) is 64.1 Å². The van der Waals surface area contributed by atoms with Gasteiger partial charge in [-0.2, -0.15) is 0 Å². The standard InChI is InChI=1S/C26H34N4O4S/c1-16(2)20-10-8-9-11-22(20)34-18(5)25-28-29-26(30(25)17(3)4)35-15-24(31)27-21-14-19(32-6)12-13-23(21)33-7/h8-14,16-18H,15H2,1-7H3,(H,27,31). The zero-order valence-corrected chi connectivity index (χ0v) is 22.2. The molecule has 0 aliphatic rings. The lowest BCUT2D eigenvalue weighted by atomic mass is 10.0. The van der Waals surface area contributed by atoms with Gasteiger partial charge in [0, 0.05) is 12.1 Å². The van der Waals surface area contributed by atoms with Crippen molar-refractivity contribution < 1.29 is 19.0 Å². The van der Waals surface area contributed by atoms with Crippen LogP contribution in [0.3, 0.4) is 0 Å². The normalized spacial score (nSPS) is 12.0. The molecule has 0 aliphatic carbocycles. The molecule has 8 nitrogen and oxygen atoms in total. The minimum Gasteiger partial charge on any atom is -0.497 e. The van der Waals surface area contributed by atoms with Crippen molar-refractivity contribution in [3.05, 3.63) is 53.9 Å². The number of nitrogens with zero attached hydrogens (tertiary/aromatic N) is 3. The second-order valence-corrected chi connectivity index (χ2v) is 9.60. The Balaban J connectivity index is 1.73. The molecule has 188 valence electrons. The van der Waals surface area contributed by atoms with E-state index in [1.54, 1.807) is 32.4 Å². The number of benzene rings is 2. The summed E-state index contributed by atoms with van der Waals surface area (Å²) in [6.07, 6.45) is -0.311. The van der Waals surface area contributed by atoms with E-state index in [2.05, 4.69) is 49.3 Å². The van der Waals surface area contributed by atoms with Crippen LogP contribution in [0, 0.1) is 0 Å². The second-order valence-electron chi connectivity index (χ2n) is 8.66. The van der Waals surface area contributed by atoms with Crippen LogP contribution in [0.15, 0.2) is 47.6 Å². The molecule has 3 aromatic rings. The Bertz CT molecular complexity index is 1150. The molecule has 9 heteroatoms. The van der Waals surface area contributed by atoms with Crippen molar-refractivity contribution in [3.8, 4) is 17.2 Å². The molecule has 1 atom stereocenters. The lowest BCUT2D eigenvalue weighted by Crippen LogP contribution is -2.17. The number of rotatable bonds is 11. The summed E-state index contributed by atoms with van der Waals surface area (Å²) in [4.78, 5) is 12.7. The number of carbonyl (C=O) groups is 1. The molecule has 2 aromatic carbocycles. The van der Waals surface area contributed by atoms with Crippen molar-refractivity contribution in [1.82, 2.24) is 14.8 Å². The van der Waals surface area contributed by atoms with E-state index in [0.717, 1.165) is 17.1 Å². The van der Waals surface area contributed by atoms with Gasteiger partial charge in [-0.1, -0.05) is 43.8 Å². The number of methoxy groups -OCH3 is 2. The summed E-state index contributed by atoms with van der Waals surface area (Å²) >= 11 is 1.33. The Morgan fingerprint density at radius 1 is 1.00 bits per heavy atom. The highest BCUT2D eigenvalue weighted by Crippen LogP contribution is 2.32. The predicted molar refractivity (Wildman–Crippen MR) is 139 cm³/mol. The van der Waals surface area contributed by atoms with Gasteiger partial charge in [-0.15, -0.1) is 10.2 Å². The van der Waals surface area contributed by atoms with E-state index in [1.165, 1.54) is 11.8 Å². The Morgan fingerprint density at radius 2 is 1.74 bits per heavy atom. The first-order valence-electron chi connectivity index (χ1n) is 11.6. The molecule has 35 heavy (non-hydrogen) atoms. The fraction of sp³-hybridized carbons (Fsp3) is 0.423. The van der Waals surface area contributed by atoms with E-state index < -0.39 is 0 Å². The third kappa shape index (κ3) is 6.48. The molecule has 0 radical (unpaired) electrons. The van der Waals surface area contributed by atoms with Gasteiger partial charge in [0.1, 0.15) is 17.2 Å². The molecule has 0 fully saturated rings. The summed E-state index contributed by atoms with van der Waals surface area (Å²) in [7, 11) is 3.13. The highest BCUT2D eigenvalue weighted by Gasteiger charge is 2.23. The monoisotopic (exact) mass is 498 g/mol. The molecular weight excluding hydrogens is 464 g/mol. The number of ether oxygens (including phenoxy) is 3. The Kier molecular flexibility index (Phi) is 9.03. The lowest BCUT2D eigenvalue weighted by Gasteiger charge is -2.21. The van der Waals surface area contributed by atoms with Crippen molar-refractivity contribution >= 4 is 23.4 Å². The molecule has 1 unspecified atom stereocenters. The number of aromatic nitrogens is 3. The largest absolute Gasteiger partial charge is 0.497 e. The van der Waals surface area contributed by atoms with Crippen LogP contribution in [-0.2, 0) is 4.79 Å². The van der Waals surface area contributed by atoms with Crippen molar-refractivity contribution in [3.63, 3.8) is 0 Å². The number of hydrogen-bond donors (Lipinski definition) is 1. The minimum atomic E-state index is -0.311. The molecule has 1 N–H and O–H groups in total. The fourth-order valence-electron chi connectivity index (χ4n) is 3.69. The molecule has 0 saturated heterocycles. The minimum absolute atomic E-state index is 0.0930. The summed E-state index contributed by atoms with van der Waals surface area (Å²) in [5, 5.41) is 12.3. The molecule has 3 rings (SSSR count). The van der Waals surface area contributed by atoms with E-state index in [0.29, 0.717) is 28.3 Å². The Morgan fingerprint density at radius 3 is 2.40 bits per heavy atom. The second kappa shape index (κ2) is 12.0. The first-order valence-corrected chi connectivity index (χ1v) is 12.6. The van der Waals surface area contributed by atoms with Crippen LogP contribution in [0.2, 0.25) is 0 Å². The number of nitrogens with one attached hydrogen (secondary N) is 1. The van der Waals surface area contributed by atoms with Gasteiger partial charge < -0.3 is 24.1 Å². The van der Waals surface area contributed by atoms with Gasteiger partial charge in [-0.3, -0.25) is 4.79 Å². The molecule has 0 saturated carbocycles. The van der Waals surface area contributed by atoms with E-state index in [9.17, 15) is 4.79 Å². The van der Waals surface area contributed by atoms with E-state index in [-0.39, 0.29) is 23.8 Å². The van der Waals surface area contributed by atoms with Gasteiger partial charge in [0.15, 0.2) is 17.1 Å². The summed E-state index contributed by atoms with van der Waals surface area (Å²) in [5.74, 6) is 3.07. The van der Waals surface area contributed by atoms with Crippen LogP contribution in [0.25, 0.3) is 0 Å². The summed E-state index contributed by atoms with van der Waals surface area (Å²) in [5.41, 5.74) is 1.70. The van der Waals surface area contributed by atoms with Gasteiger partial charge in [0.05, 0.1) is 25.7 Å². The highest BCUT2D eigenvalue weighted by atomic mass is 32.2. The topological polar surface area (TPSA) is 87.5 Å². The number of hydrogen-bond acceptors (Lipinski definition) is 7. The third-order valence-electron chi connectivity index (χ3n) is 5.43. The average Bonchev–Trinajstić information content (AvgIpc) is 3.27. The quantitative estimate of drug-likeness (QED) is 0.331. The molecule has 0 bridgehead atoms. The summed E-state index contributed by atoms with van der Waals surface area (Å²) in [6.45, 7) is 10.4. The molecule has 1 aromatic heterocycles. The van der Waals surface area contributed by atoms with Crippen LogP contribution in [-0.4, -0.2) is 40.6 Å². The van der Waals surface area contributed by atoms with E-state index in [4.69, 9.17) is 14.2 Å². The number of amides is 1. The molecule has 0 aliphatic heterocycles. The average molecular weight is 499 g/mol. The number of thioether (sulfide) groups is 1. The smallest absolute Gasteiger partial charge is 0.234 e. The third-order valence-corrected chi connectivity index (χ3v) is 6.37. The van der Waals surface area contributed by atoms with Crippen LogP contribution in [0.5, 0.6) is 17.2 Å². The van der Waals surface area contributed by atoms with Gasteiger partial charge in [-0.05, 0) is 50.5 Å². The SMILES string of the molecule is COc1ccc(OC)c(NC(=O)CSc2nnc(C(C)Oc3ccccc3C(C)C)n2C(C)C)c1. The maximum Gasteiger partial charge on any atom is 0.234 e. The van der Waals surface area contributed by atoms with Crippen molar-refractivity contribution in [1.29, 1.82) is 0 Å². The van der Waals surface area contributed by atoms with E-state index >= 15 is 0 Å². The number of carbonyl (C=O) groups excluding carboxylic acids is 1. The van der Waals surface area contributed by atoms with Crippen molar-refractivity contribution in [2.75, 3.05) is 25.3 Å². The Labute approximate surface area is 211 Å². The first kappa shape index (κ1) is 26.4. The van der Waals surface area contributed by atoms with Gasteiger partial charge in [0.2, 0.25) is 5.91 Å². The van der Waals surface area contributed by atoms with Gasteiger partial charge in [-0.25, -0.2) is 0 Å². The maximum atomic E-state index is 12.7. The van der Waals surface area contributed by atoms with Crippen molar-refractivity contribution in [2.24, 2.45) is 0 Å². The number of anilines is 1. The van der Waals surface area contributed by atoms with Gasteiger partial charge >= 0.3 is 0 Å². The lowest BCUT2D eigenvalue weighted by molar-refractivity contribution is -0.113. The van der Waals surface area contributed by atoms with E-state index in [1.807, 2.05) is 29.7 Å². The first-order chi connectivity index (χ1) is 16.7. The summed E-state index contributed by atoms with van der Waals surface area (Å²) in [6, 6.07) is 13.4. The molecule has 1 heterocycles. The molecular formula is C26H34N4O4S. The molecule has 1 amide bonds. The zero-order chi connectivity index (χ0) is 25.5. The zero-order valence-electron chi connectivity index (χ0n) is 21.4. The fourth-order valence-corrected chi connectivity index (χ4v) is 4.56. The Hall–Kier alpha value is -3.20. The van der Waals surface area contributed by atoms with Crippen LogP contribution < -0.4 is 19.5 Å². The van der Waals surface area contributed by atoms with Gasteiger partial charge in [0.25, 0.3) is 0 Å². The molecule has 0 spiro atoms.